The van der Waals surface area contributed by atoms with Crippen molar-refractivity contribution in [1.29, 1.82) is 0 Å². The number of halogens is 2. The number of aromatic nitrogens is 1. The number of aryl methyl sites for hydroxylation is 1. The summed E-state index contributed by atoms with van der Waals surface area (Å²) in [5, 5.41) is 1.29. The SMILES string of the molecule is Cn1c(C2=Cc3cc(Br)ccc3C2)cc2ccc(Br)cc21. The molecule has 1 nitrogen and oxygen atoms in total. The van der Waals surface area contributed by atoms with Crippen molar-refractivity contribution in [3.8, 4) is 0 Å². The van der Waals surface area contributed by atoms with Crippen molar-refractivity contribution >= 4 is 54.4 Å². The predicted molar refractivity (Wildman–Crippen MR) is 96.3 cm³/mol. The first-order chi connectivity index (χ1) is 10.1. The highest BCUT2D eigenvalue weighted by Crippen LogP contribution is 2.35. The third-order valence-corrected chi connectivity index (χ3v) is 5.14. The average Bonchev–Trinajstić information content (AvgIpc) is 3.00. The van der Waals surface area contributed by atoms with Crippen molar-refractivity contribution < 1.29 is 0 Å². The molecule has 0 N–H and O–H groups in total. The first kappa shape index (κ1) is 13.4. The van der Waals surface area contributed by atoms with Gasteiger partial charge < -0.3 is 4.57 Å². The fourth-order valence-corrected chi connectivity index (χ4v) is 3.81. The van der Waals surface area contributed by atoms with Crippen LogP contribution in [0.15, 0.2) is 51.4 Å². The van der Waals surface area contributed by atoms with E-state index in [0.717, 1.165) is 15.4 Å². The van der Waals surface area contributed by atoms with Crippen LogP contribution >= 0.6 is 31.9 Å². The molecule has 0 fully saturated rings. The number of fused-ring (bicyclic) bond motifs is 2. The van der Waals surface area contributed by atoms with Gasteiger partial charge in [-0.15, -0.1) is 0 Å². The second-order valence-electron chi connectivity index (χ2n) is 5.48. The number of allylic oxidation sites excluding steroid dienone is 1. The van der Waals surface area contributed by atoms with Crippen LogP contribution in [-0.4, -0.2) is 4.57 Å². The Bertz CT molecular complexity index is 903. The van der Waals surface area contributed by atoms with Crippen LogP contribution in [0.25, 0.3) is 22.6 Å². The van der Waals surface area contributed by atoms with E-state index in [0.29, 0.717) is 0 Å². The normalized spacial score (nSPS) is 13.6. The van der Waals surface area contributed by atoms with Crippen molar-refractivity contribution in [2.75, 3.05) is 0 Å². The standard InChI is InChI=1S/C18H13Br2N/c1-21-17(9-12-3-5-16(20)10-18(12)21)14-6-11-2-4-15(19)8-13(11)7-14/h2-5,7-10H,6H2,1H3. The Kier molecular flexibility index (Phi) is 3.09. The highest BCUT2D eigenvalue weighted by molar-refractivity contribution is 9.10. The van der Waals surface area contributed by atoms with Gasteiger partial charge in [0.1, 0.15) is 0 Å². The van der Waals surface area contributed by atoms with Crippen LogP contribution in [0.3, 0.4) is 0 Å². The molecule has 3 aromatic rings. The monoisotopic (exact) mass is 401 g/mol. The van der Waals surface area contributed by atoms with E-state index in [1.807, 2.05) is 0 Å². The molecule has 0 bridgehead atoms. The number of rotatable bonds is 1. The summed E-state index contributed by atoms with van der Waals surface area (Å²) < 4.78 is 4.54. The third-order valence-electron chi connectivity index (χ3n) is 4.15. The molecule has 0 radical (unpaired) electrons. The number of hydrogen-bond donors (Lipinski definition) is 0. The number of nitrogens with zero attached hydrogens (tertiary/aromatic N) is 1. The fourth-order valence-electron chi connectivity index (χ4n) is 3.08. The second-order valence-corrected chi connectivity index (χ2v) is 7.31. The van der Waals surface area contributed by atoms with Gasteiger partial charge >= 0.3 is 0 Å². The lowest BCUT2D eigenvalue weighted by Crippen LogP contribution is -1.95. The van der Waals surface area contributed by atoms with E-state index in [4.69, 9.17) is 0 Å². The van der Waals surface area contributed by atoms with Crippen LogP contribution in [0.1, 0.15) is 16.8 Å². The Morgan fingerprint density at radius 2 is 1.71 bits per heavy atom. The number of hydrogen-bond acceptors (Lipinski definition) is 0. The van der Waals surface area contributed by atoms with Gasteiger partial charge in [0, 0.05) is 39.0 Å². The van der Waals surface area contributed by atoms with Gasteiger partial charge in [-0.05, 0) is 53.1 Å². The first-order valence-electron chi connectivity index (χ1n) is 6.86. The summed E-state index contributed by atoms with van der Waals surface area (Å²) in [5.74, 6) is 0. The Morgan fingerprint density at radius 1 is 0.952 bits per heavy atom. The molecule has 104 valence electrons. The Balaban J connectivity index is 1.85. The lowest BCUT2D eigenvalue weighted by molar-refractivity contribution is 0.943. The third kappa shape index (κ3) is 2.19. The van der Waals surface area contributed by atoms with E-state index in [9.17, 15) is 0 Å². The van der Waals surface area contributed by atoms with Crippen LogP contribution in [0.5, 0.6) is 0 Å². The van der Waals surface area contributed by atoms with Gasteiger partial charge in [0.2, 0.25) is 0 Å². The zero-order chi connectivity index (χ0) is 14.6. The summed E-state index contributed by atoms with van der Waals surface area (Å²) in [6.07, 6.45) is 3.32. The lowest BCUT2D eigenvalue weighted by atomic mass is 10.1. The van der Waals surface area contributed by atoms with E-state index in [1.54, 1.807) is 0 Å². The molecule has 0 saturated carbocycles. The van der Waals surface area contributed by atoms with E-state index in [2.05, 4.69) is 92.0 Å². The minimum atomic E-state index is 1.01. The summed E-state index contributed by atoms with van der Waals surface area (Å²) in [5.41, 5.74) is 6.68. The zero-order valence-corrected chi connectivity index (χ0v) is 14.7. The van der Waals surface area contributed by atoms with Gasteiger partial charge in [-0.3, -0.25) is 0 Å². The minimum absolute atomic E-state index is 1.01. The van der Waals surface area contributed by atoms with Crippen molar-refractivity contribution in [2.45, 2.75) is 6.42 Å². The first-order valence-corrected chi connectivity index (χ1v) is 8.45. The molecule has 0 atom stereocenters. The molecule has 2 aromatic carbocycles. The van der Waals surface area contributed by atoms with Crippen molar-refractivity contribution in [2.24, 2.45) is 7.05 Å². The van der Waals surface area contributed by atoms with E-state index < -0.39 is 0 Å². The maximum absolute atomic E-state index is 3.56. The van der Waals surface area contributed by atoms with Crippen LogP contribution in [-0.2, 0) is 13.5 Å². The molecule has 4 rings (SSSR count). The summed E-state index contributed by atoms with van der Waals surface area (Å²) in [7, 11) is 2.14. The molecule has 1 heterocycles. The second kappa shape index (κ2) is 4.85. The van der Waals surface area contributed by atoms with Gasteiger partial charge in [0.05, 0.1) is 0 Å². The molecule has 3 heteroatoms. The average molecular weight is 403 g/mol. The molecular formula is C18H13Br2N. The van der Waals surface area contributed by atoms with Gasteiger partial charge in [0.25, 0.3) is 0 Å². The molecule has 1 aromatic heterocycles. The lowest BCUT2D eigenvalue weighted by Gasteiger charge is -2.05. The molecule has 0 saturated heterocycles. The van der Waals surface area contributed by atoms with Crippen molar-refractivity contribution in [1.82, 2.24) is 4.57 Å². The predicted octanol–water partition coefficient (Wildman–Crippen LogP) is 5.80. The summed E-state index contributed by atoms with van der Waals surface area (Å²) in [4.78, 5) is 0. The maximum atomic E-state index is 3.56. The van der Waals surface area contributed by atoms with E-state index >= 15 is 0 Å². The maximum Gasteiger partial charge on any atom is 0.0493 e. The molecule has 0 aliphatic heterocycles. The minimum Gasteiger partial charge on any atom is -0.344 e. The van der Waals surface area contributed by atoms with Crippen LogP contribution in [0, 0.1) is 0 Å². The van der Waals surface area contributed by atoms with Gasteiger partial charge in [0.15, 0.2) is 0 Å². The zero-order valence-electron chi connectivity index (χ0n) is 11.5. The molecule has 21 heavy (non-hydrogen) atoms. The summed E-state index contributed by atoms with van der Waals surface area (Å²) in [6, 6.07) is 15.3. The highest BCUT2D eigenvalue weighted by atomic mass is 79.9. The summed E-state index contributed by atoms with van der Waals surface area (Å²) >= 11 is 7.11. The molecule has 0 spiro atoms. The van der Waals surface area contributed by atoms with E-state index in [-0.39, 0.29) is 0 Å². The van der Waals surface area contributed by atoms with Crippen LogP contribution < -0.4 is 0 Å². The molecule has 0 amide bonds. The van der Waals surface area contributed by atoms with Gasteiger partial charge in [-0.25, -0.2) is 0 Å². The fraction of sp³-hybridized carbons (Fsp3) is 0.111. The molecule has 1 aliphatic carbocycles. The topological polar surface area (TPSA) is 4.93 Å². The molecule has 1 aliphatic rings. The van der Waals surface area contributed by atoms with Crippen LogP contribution in [0.4, 0.5) is 0 Å². The highest BCUT2D eigenvalue weighted by Gasteiger charge is 2.17. The van der Waals surface area contributed by atoms with Gasteiger partial charge in [-0.1, -0.05) is 44.0 Å². The largest absolute Gasteiger partial charge is 0.344 e. The molecular weight excluding hydrogens is 390 g/mol. The number of benzene rings is 2. The van der Waals surface area contributed by atoms with Crippen molar-refractivity contribution in [3.05, 3.63) is 68.2 Å². The van der Waals surface area contributed by atoms with Crippen LogP contribution in [0.2, 0.25) is 0 Å². The Morgan fingerprint density at radius 3 is 2.57 bits per heavy atom. The van der Waals surface area contributed by atoms with Gasteiger partial charge in [-0.2, -0.15) is 0 Å². The Hall–Kier alpha value is -1.32. The summed E-state index contributed by atoms with van der Waals surface area (Å²) in [6.45, 7) is 0. The molecule has 0 unspecified atom stereocenters. The van der Waals surface area contributed by atoms with Crippen molar-refractivity contribution in [3.63, 3.8) is 0 Å². The Labute approximate surface area is 140 Å². The smallest absolute Gasteiger partial charge is 0.0493 e. The quantitative estimate of drug-likeness (QED) is 0.484. The van der Waals surface area contributed by atoms with E-state index in [1.165, 1.54) is 33.3 Å².